The zero-order chi connectivity index (χ0) is 10.7. The Kier molecular flexibility index (Phi) is 3.75. The predicted octanol–water partition coefficient (Wildman–Crippen LogP) is 1.62. The molecule has 0 amide bonds. The molecule has 0 saturated heterocycles. The minimum atomic E-state index is -0.234. The van der Waals surface area contributed by atoms with Crippen LogP contribution in [0, 0.1) is 6.92 Å². The molecule has 0 radical (unpaired) electrons. The number of hydrogen-bond acceptors (Lipinski definition) is 3. The fourth-order valence-electron chi connectivity index (χ4n) is 1.37. The summed E-state index contributed by atoms with van der Waals surface area (Å²) in [6.07, 6.45) is 0. The molecule has 3 nitrogen and oxygen atoms in total. The van der Waals surface area contributed by atoms with Crippen LogP contribution in [0.3, 0.4) is 0 Å². The summed E-state index contributed by atoms with van der Waals surface area (Å²) in [6.45, 7) is 2.33. The second kappa shape index (κ2) is 4.64. The summed E-state index contributed by atoms with van der Waals surface area (Å²) in [7, 11) is 1.57. The Bertz CT molecular complexity index is 328. The molecule has 0 aliphatic rings. The lowest BCUT2D eigenvalue weighted by Crippen LogP contribution is -2.21. The van der Waals surface area contributed by atoms with Crippen LogP contribution in [0.4, 0.5) is 0 Å². The zero-order valence-corrected chi connectivity index (χ0v) is 9.14. The maximum absolute atomic E-state index is 6.01. The predicted molar refractivity (Wildman–Crippen MR) is 58.7 cm³/mol. The van der Waals surface area contributed by atoms with E-state index in [1.807, 2.05) is 19.1 Å². The average molecular weight is 215 g/mol. The van der Waals surface area contributed by atoms with E-state index in [1.54, 1.807) is 7.11 Å². The van der Waals surface area contributed by atoms with Gasteiger partial charge in [0.15, 0.2) is 0 Å². The Morgan fingerprint density at radius 2 is 2.14 bits per heavy atom. The fraction of sp³-hybridized carbons (Fsp3) is 0.400. The highest BCUT2D eigenvalue weighted by Gasteiger charge is 2.14. The topological polar surface area (TPSA) is 61.3 Å². The molecule has 0 heterocycles. The van der Waals surface area contributed by atoms with Crippen molar-refractivity contribution in [3.05, 3.63) is 28.3 Å². The fourth-order valence-corrected chi connectivity index (χ4v) is 1.73. The lowest BCUT2D eigenvalue weighted by atomic mass is 10.0. The van der Waals surface area contributed by atoms with Gasteiger partial charge in [-0.1, -0.05) is 17.7 Å². The second-order valence-electron chi connectivity index (χ2n) is 3.21. The van der Waals surface area contributed by atoms with Crippen molar-refractivity contribution in [3.8, 4) is 5.75 Å². The van der Waals surface area contributed by atoms with E-state index < -0.39 is 0 Å². The first-order chi connectivity index (χ1) is 6.60. The van der Waals surface area contributed by atoms with Gasteiger partial charge in [-0.3, -0.25) is 0 Å². The summed E-state index contributed by atoms with van der Waals surface area (Å²) in [6, 6.07) is 3.55. The molecular weight excluding hydrogens is 200 g/mol. The van der Waals surface area contributed by atoms with E-state index in [0.717, 1.165) is 11.1 Å². The first-order valence-corrected chi connectivity index (χ1v) is 4.77. The molecule has 0 aromatic heterocycles. The molecule has 1 unspecified atom stereocenters. The molecule has 78 valence electrons. The van der Waals surface area contributed by atoms with Crippen molar-refractivity contribution >= 4 is 11.6 Å². The van der Waals surface area contributed by atoms with Crippen molar-refractivity contribution in [2.45, 2.75) is 13.0 Å². The van der Waals surface area contributed by atoms with Crippen molar-refractivity contribution in [3.63, 3.8) is 0 Å². The quantitative estimate of drug-likeness (QED) is 0.804. The van der Waals surface area contributed by atoms with Crippen molar-refractivity contribution in [1.29, 1.82) is 0 Å². The first-order valence-electron chi connectivity index (χ1n) is 4.39. The second-order valence-corrected chi connectivity index (χ2v) is 3.62. The highest BCUT2D eigenvalue weighted by atomic mass is 35.5. The molecular formula is C10H15ClN2O. The van der Waals surface area contributed by atoms with Crippen LogP contribution in [0.2, 0.25) is 5.02 Å². The van der Waals surface area contributed by atoms with Gasteiger partial charge in [0.1, 0.15) is 5.75 Å². The van der Waals surface area contributed by atoms with Crippen LogP contribution < -0.4 is 16.2 Å². The first kappa shape index (κ1) is 11.3. The van der Waals surface area contributed by atoms with E-state index in [4.69, 9.17) is 27.8 Å². The number of benzene rings is 1. The standard InChI is InChI=1S/C10H15ClN2O/c1-6-3-7(9(13)5-12)10(14-2)8(11)4-6/h3-4,9H,5,12-13H2,1-2H3. The number of hydrogen-bond donors (Lipinski definition) is 2. The highest BCUT2D eigenvalue weighted by Crippen LogP contribution is 2.32. The highest BCUT2D eigenvalue weighted by molar-refractivity contribution is 6.32. The zero-order valence-electron chi connectivity index (χ0n) is 8.38. The molecule has 1 aromatic rings. The van der Waals surface area contributed by atoms with E-state index in [1.165, 1.54) is 0 Å². The summed E-state index contributed by atoms with van der Waals surface area (Å²) in [4.78, 5) is 0. The number of nitrogens with two attached hydrogens (primary N) is 2. The number of methoxy groups -OCH3 is 1. The Balaban J connectivity index is 3.24. The van der Waals surface area contributed by atoms with Crippen molar-refractivity contribution in [2.75, 3.05) is 13.7 Å². The minimum Gasteiger partial charge on any atom is -0.495 e. The number of ether oxygens (including phenoxy) is 1. The van der Waals surface area contributed by atoms with Gasteiger partial charge in [0, 0.05) is 18.2 Å². The largest absolute Gasteiger partial charge is 0.495 e. The van der Waals surface area contributed by atoms with E-state index in [9.17, 15) is 0 Å². The summed E-state index contributed by atoms with van der Waals surface area (Å²) >= 11 is 6.01. The lowest BCUT2D eigenvalue weighted by Gasteiger charge is -2.16. The molecule has 4 heteroatoms. The molecule has 1 rings (SSSR count). The number of aryl methyl sites for hydroxylation is 1. The van der Waals surface area contributed by atoms with Crippen molar-refractivity contribution in [2.24, 2.45) is 11.5 Å². The maximum Gasteiger partial charge on any atom is 0.142 e. The van der Waals surface area contributed by atoms with E-state index in [0.29, 0.717) is 17.3 Å². The van der Waals surface area contributed by atoms with Crippen LogP contribution >= 0.6 is 11.6 Å². The van der Waals surface area contributed by atoms with E-state index in [-0.39, 0.29) is 6.04 Å². The molecule has 14 heavy (non-hydrogen) atoms. The molecule has 4 N–H and O–H groups in total. The normalized spacial score (nSPS) is 12.6. The van der Waals surface area contributed by atoms with Gasteiger partial charge in [-0.05, 0) is 18.6 Å². The van der Waals surface area contributed by atoms with Gasteiger partial charge in [-0.25, -0.2) is 0 Å². The van der Waals surface area contributed by atoms with Crippen LogP contribution in [0.1, 0.15) is 17.2 Å². The number of halogens is 1. The van der Waals surface area contributed by atoms with Gasteiger partial charge in [-0.2, -0.15) is 0 Å². The third-order valence-corrected chi connectivity index (χ3v) is 2.35. The van der Waals surface area contributed by atoms with Crippen LogP contribution in [0.15, 0.2) is 12.1 Å². The minimum absolute atomic E-state index is 0.234. The van der Waals surface area contributed by atoms with E-state index >= 15 is 0 Å². The van der Waals surface area contributed by atoms with Crippen molar-refractivity contribution < 1.29 is 4.74 Å². The summed E-state index contributed by atoms with van der Waals surface area (Å²) < 4.78 is 5.19. The van der Waals surface area contributed by atoms with Crippen LogP contribution in [-0.4, -0.2) is 13.7 Å². The maximum atomic E-state index is 6.01. The van der Waals surface area contributed by atoms with Gasteiger partial charge >= 0.3 is 0 Å². The van der Waals surface area contributed by atoms with Gasteiger partial charge in [0.25, 0.3) is 0 Å². The number of rotatable bonds is 3. The Labute approximate surface area is 89.0 Å². The molecule has 0 aliphatic heterocycles. The van der Waals surface area contributed by atoms with E-state index in [2.05, 4.69) is 0 Å². The lowest BCUT2D eigenvalue weighted by molar-refractivity contribution is 0.406. The third kappa shape index (κ3) is 2.18. The molecule has 1 aromatic carbocycles. The summed E-state index contributed by atoms with van der Waals surface area (Å²) in [5.41, 5.74) is 13.3. The van der Waals surface area contributed by atoms with Gasteiger partial charge in [0.2, 0.25) is 0 Å². The van der Waals surface area contributed by atoms with Crippen LogP contribution in [0.25, 0.3) is 0 Å². The van der Waals surface area contributed by atoms with Gasteiger partial charge < -0.3 is 16.2 Å². The Morgan fingerprint density at radius 3 is 2.64 bits per heavy atom. The Morgan fingerprint density at radius 1 is 1.50 bits per heavy atom. The smallest absolute Gasteiger partial charge is 0.142 e. The van der Waals surface area contributed by atoms with Crippen LogP contribution in [-0.2, 0) is 0 Å². The Hall–Kier alpha value is -0.770. The molecule has 0 spiro atoms. The van der Waals surface area contributed by atoms with Gasteiger partial charge in [-0.15, -0.1) is 0 Å². The third-order valence-electron chi connectivity index (χ3n) is 2.07. The molecule has 0 aliphatic carbocycles. The van der Waals surface area contributed by atoms with Crippen LogP contribution in [0.5, 0.6) is 5.75 Å². The molecule has 1 atom stereocenters. The SMILES string of the molecule is COc1c(Cl)cc(C)cc1C(N)CN. The summed E-state index contributed by atoms with van der Waals surface area (Å²) in [5.74, 6) is 0.621. The summed E-state index contributed by atoms with van der Waals surface area (Å²) in [5, 5.41) is 0.575. The molecule has 0 saturated carbocycles. The monoisotopic (exact) mass is 214 g/mol. The average Bonchev–Trinajstić information content (AvgIpc) is 2.15. The van der Waals surface area contributed by atoms with Crippen molar-refractivity contribution in [1.82, 2.24) is 0 Å². The molecule has 0 bridgehead atoms. The van der Waals surface area contributed by atoms with Gasteiger partial charge in [0.05, 0.1) is 12.1 Å². The molecule has 0 fully saturated rings.